The first-order chi connectivity index (χ1) is 9.54. The molecule has 0 aliphatic carbocycles. The van der Waals surface area contributed by atoms with Crippen LogP contribution in [-0.4, -0.2) is 76.5 Å². The fourth-order valence-corrected chi connectivity index (χ4v) is 20.7. The summed E-state index contributed by atoms with van der Waals surface area (Å²) in [7, 11) is 0. The Labute approximate surface area is 121 Å². The van der Waals surface area contributed by atoms with Gasteiger partial charge in [-0.3, -0.25) is 0 Å². The Morgan fingerprint density at radius 2 is 1.05 bits per heavy atom. The quantitative estimate of drug-likeness (QED) is 0.186. The molecule has 0 aromatic carbocycles. The van der Waals surface area contributed by atoms with Crippen LogP contribution in [0.1, 0.15) is 0 Å². The molecule has 0 aliphatic heterocycles. The minimum atomic E-state index is -5.48. The summed E-state index contributed by atoms with van der Waals surface area (Å²) >= 11 is -5.48. The summed E-state index contributed by atoms with van der Waals surface area (Å²) < 4.78 is -0.382. The molecule has 10 nitrogen and oxygen atoms in total. The fraction of sp³-hybridized carbons (Fsp3) is 0.600. The summed E-state index contributed by atoms with van der Waals surface area (Å²) in [6, 6.07) is 0. The van der Waals surface area contributed by atoms with Crippen molar-refractivity contribution in [3.05, 3.63) is 0 Å². The zero-order valence-electron chi connectivity index (χ0n) is 11.2. The Hall–Kier alpha value is -1.32. The van der Waals surface area contributed by atoms with Crippen molar-refractivity contribution < 1.29 is 39.6 Å². The maximum absolute atomic E-state index is 11.1. The van der Waals surface area contributed by atoms with E-state index in [0.717, 1.165) is 0 Å². The average Bonchev–Trinajstić information content (AvgIpc) is 2.21. The van der Waals surface area contributed by atoms with Crippen LogP contribution in [0.25, 0.3) is 0 Å². The molecule has 0 rings (SSSR count). The van der Waals surface area contributed by atoms with E-state index in [2.05, 4.69) is 3.26 Å². The fourth-order valence-electron chi connectivity index (χ4n) is 2.36. The molecule has 0 heterocycles. The van der Waals surface area contributed by atoms with E-state index >= 15 is 0 Å². The van der Waals surface area contributed by atoms with Crippen LogP contribution in [-0.2, 0) is 19.2 Å². The van der Waals surface area contributed by atoms with Gasteiger partial charge in [0, 0.05) is 0 Å². The van der Waals surface area contributed by atoms with E-state index in [1.54, 1.807) is 0 Å². The van der Waals surface area contributed by atoms with Crippen LogP contribution in [0.3, 0.4) is 0 Å². The van der Waals surface area contributed by atoms with Crippen LogP contribution >= 0.6 is 0 Å². The van der Waals surface area contributed by atoms with Crippen molar-refractivity contribution in [3.8, 4) is 0 Å². The van der Waals surface area contributed by atoms with Crippen LogP contribution in [0, 0.1) is 0 Å². The summed E-state index contributed by atoms with van der Waals surface area (Å²) in [5.41, 5.74) is 5.30. The van der Waals surface area contributed by atoms with Crippen molar-refractivity contribution in [2.24, 2.45) is 5.73 Å². The molecule has 122 valence electrons. The molecule has 11 heteroatoms. The van der Waals surface area contributed by atoms with Crippen molar-refractivity contribution in [1.29, 1.82) is 0 Å². The minimum absolute atomic E-state index is 0.00335. The topological polar surface area (TPSA) is 187 Å². The van der Waals surface area contributed by atoms with E-state index in [0.29, 0.717) is 0 Å². The molecule has 0 atom stereocenters. The number of carboxylic acids is 4. The van der Waals surface area contributed by atoms with E-state index in [1.807, 2.05) is 0 Å². The molecule has 0 aromatic rings. The summed E-state index contributed by atoms with van der Waals surface area (Å²) in [6.07, 6.45) is 0. The molecule has 0 spiro atoms. The Morgan fingerprint density at radius 1 is 0.762 bits per heavy atom. The second-order valence-corrected chi connectivity index (χ2v) is 26.4. The van der Waals surface area contributed by atoms with Gasteiger partial charge < -0.3 is 0 Å². The number of rotatable bonds is 11. The standard InChI is InChI=1S/C2H7N2.4C2H3O2.Bi/c3-1-2-4;4*1-2(3)4;/h3H,1-2,4H2;4*1H2,(H,3,4);/q-1;;;;;+1. The molecule has 7 N–H and O–H groups in total. The van der Waals surface area contributed by atoms with Gasteiger partial charge in [0.1, 0.15) is 0 Å². The Bertz CT molecular complexity index is 377. The van der Waals surface area contributed by atoms with Gasteiger partial charge in [0.15, 0.2) is 0 Å². The molecule has 0 aliphatic rings. The van der Waals surface area contributed by atoms with Gasteiger partial charge in [-0.15, -0.1) is 0 Å². The van der Waals surface area contributed by atoms with Crippen LogP contribution < -0.4 is 8.99 Å². The number of hydrogen-bond donors (Lipinski definition) is 6. The molecule has 0 bridgehead atoms. The third-order valence-corrected chi connectivity index (χ3v) is 24.3. The van der Waals surface area contributed by atoms with Crippen molar-refractivity contribution in [2.45, 2.75) is 16.5 Å². The zero-order valence-corrected chi connectivity index (χ0v) is 14.7. The molecule has 0 saturated carbocycles. The summed E-state index contributed by atoms with van der Waals surface area (Å²) in [5, 5.41) is 36.2. The van der Waals surface area contributed by atoms with Crippen molar-refractivity contribution in [3.63, 3.8) is 0 Å². The predicted molar refractivity (Wildman–Crippen MR) is 72.6 cm³/mol. The van der Waals surface area contributed by atoms with Gasteiger partial charge in [-0.05, 0) is 0 Å². The summed E-state index contributed by atoms with van der Waals surface area (Å²) in [4.78, 5) is 44.5. The van der Waals surface area contributed by atoms with Crippen molar-refractivity contribution in [2.75, 3.05) is 13.1 Å². The van der Waals surface area contributed by atoms with Crippen LogP contribution in [0.15, 0.2) is 0 Å². The van der Waals surface area contributed by atoms with E-state index in [1.165, 1.54) is 0 Å². The van der Waals surface area contributed by atoms with E-state index in [9.17, 15) is 19.2 Å². The van der Waals surface area contributed by atoms with Crippen LogP contribution in [0.4, 0.5) is 0 Å². The molecular weight excluding hydrogens is 485 g/mol. The number of aliphatic carboxylic acids is 4. The van der Waals surface area contributed by atoms with Gasteiger partial charge in [-0.1, -0.05) is 0 Å². The molecule has 0 saturated heterocycles. The number of nitrogens with two attached hydrogens (primary N) is 1. The third-order valence-electron chi connectivity index (χ3n) is 2.90. The van der Waals surface area contributed by atoms with E-state index in [-0.39, 0.29) is 13.1 Å². The molecule has 0 fully saturated rings. The summed E-state index contributed by atoms with van der Waals surface area (Å²) in [5.74, 6) is -5.68. The van der Waals surface area contributed by atoms with Gasteiger partial charge in [0.05, 0.1) is 0 Å². The normalized spacial score (nSPS) is 13.1. The first-order valence-corrected chi connectivity index (χ1v) is 17.4. The van der Waals surface area contributed by atoms with Gasteiger partial charge >= 0.3 is 121 Å². The van der Waals surface area contributed by atoms with Gasteiger partial charge in [0.25, 0.3) is 0 Å². The number of hydrogen-bond acceptors (Lipinski definition) is 6. The van der Waals surface area contributed by atoms with Gasteiger partial charge in [0.2, 0.25) is 0 Å². The van der Waals surface area contributed by atoms with Crippen LogP contribution in [0.5, 0.6) is 0 Å². The molecule has 0 amide bonds. The third kappa shape index (κ3) is 6.32. The first-order valence-electron chi connectivity index (χ1n) is 5.88. The Balaban J connectivity index is 6.04. The Kier molecular flexibility index (Phi) is 7.15. The first kappa shape index (κ1) is 19.7. The van der Waals surface area contributed by atoms with Crippen molar-refractivity contribution in [1.82, 2.24) is 3.26 Å². The average molecular weight is 504 g/mol. The Morgan fingerprint density at radius 3 is 1.24 bits per heavy atom. The van der Waals surface area contributed by atoms with E-state index < -0.39 is 59.5 Å². The molecule has 0 radical (unpaired) electrons. The number of nitrogens with one attached hydrogen (secondary N) is 1. The van der Waals surface area contributed by atoms with Crippen molar-refractivity contribution >= 4 is 42.9 Å². The zero-order chi connectivity index (χ0) is 16.7. The molecule has 0 aromatic heterocycles. The number of carboxylic acid groups (broad SMARTS) is 4. The monoisotopic (exact) mass is 504 g/mol. The van der Waals surface area contributed by atoms with Gasteiger partial charge in [-0.2, -0.15) is 0 Å². The van der Waals surface area contributed by atoms with Crippen LogP contribution in [0.2, 0.25) is 16.5 Å². The second kappa shape index (κ2) is 7.62. The molecule has 0 unspecified atom stereocenters. The second-order valence-electron chi connectivity index (χ2n) is 4.88. The maximum atomic E-state index is 11.1. The molecular formula is C10H19BiN2O8. The SMILES string of the molecule is NCC[NH][Bi]([CH2]C(=O)O)([CH2]C(=O)O)([CH2]C(=O)O)[CH2]C(=O)O. The molecule has 21 heavy (non-hydrogen) atoms. The summed E-state index contributed by atoms with van der Waals surface area (Å²) in [6.45, 7) is -0.0301. The van der Waals surface area contributed by atoms with E-state index in [4.69, 9.17) is 26.2 Å². The predicted octanol–water partition coefficient (Wildman–Crippen LogP) is -1.23. The number of carbonyl (C=O) groups is 4. The van der Waals surface area contributed by atoms with Gasteiger partial charge in [-0.25, -0.2) is 0 Å².